The summed E-state index contributed by atoms with van der Waals surface area (Å²) in [5, 5.41) is 12.3. The van der Waals surface area contributed by atoms with Gasteiger partial charge < -0.3 is 10.2 Å². The van der Waals surface area contributed by atoms with Crippen LogP contribution in [0.5, 0.6) is 0 Å². The Balaban J connectivity index is 1.92. The summed E-state index contributed by atoms with van der Waals surface area (Å²) < 4.78 is 2.02. The van der Waals surface area contributed by atoms with Crippen molar-refractivity contribution in [2.75, 3.05) is 25.5 Å². The zero-order valence-electron chi connectivity index (χ0n) is 11.9. The normalized spacial score (nSPS) is 20.4. The molecule has 1 N–H and O–H groups in total. The second-order valence-corrected chi connectivity index (χ2v) is 5.83. The van der Waals surface area contributed by atoms with E-state index in [2.05, 4.69) is 40.5 Å². The average Bonchev–Trinajstić information content (AvgIpc) is 2.87. The summed E-state index contributed by atoms with van der Waals surface area (Å²) in [6.07, 6.45) is 5.33. The number of piperidine rings is 1. The summed E-state index contributed by atoms with van der Waals surface area (Å²) in [5.41, 5.74) is 2.17. The standard InChI is InChI=1S/C14H20ClN5/c1-3-10-6-8-20-12(10)13(15)17-18-14(20)16-11-5-4-7-19(2)9-11/h6,8,11H,3-5,7,9H2,1-2H3,(H,16,18)/t11-/m1/s1. The Morgan fingerprint density at radius 1 is 1.45 bits per heavy atom. The molecule has 1 fully saturated rings. The average molecular weight is 294 g/mol. The van der Waals surface area contributed by atoms with Crippen molar-refractivity contribution in [3.63, 3.8) is 0 Å². The molecule has 3 rings (SSSR count). The first-order valence-corrected chi connectivity index (χ1v) is 7.54. The van der Waals surface area contributed by atoms with Crippen molar-refractivity contribution < 1.29 is 0 Å². The number of anilines is 1. The fourth-order valence-corrected chi connectivity index (χ4v) is 3.17. The van der Waals surface area contributed by atoms with Crippen molar-refractivity contribution >= 4 is 23.1 Å². The lowest BCUT2D eigenvalue weighted by Gasteiger charge is -2.30. The van der Waals surface area contributed by atoms with Gasteiger partial charge in [-0.05, 0) is 44.5 Å². The van der Waals surface area contributed by atoms with Gasteiger partial charge in [-0.15, -0.1) is 10.2 Å². The minimum atomic E-state index is 0.417. The molecule has 0 aromatic carbocycles. The number of nitrogens with one attached hydrogen (secondary N) is 1. The van der Waals surface area contributed by atoms with Gasteiger partial charge in [-0.3, -0.25) is 4.40 Å². The second kappa shape index (κ2) is 5.58. The fourth-order valence-electron chi connectivity index (χ4n) is 2.92. The molecule has 2 aromatic rings. The molecule has 108 valence electrons. The summed E-state index contributed by atoms with van der Waals surface area (Å²) in [6.45, 7) is 4.33. The van der Waals surface area contributed by atoms with E-state index in [1.807, 2.05) is 10.6 Å². The number of aryl methyl sites for hydroxylation is 1. The molecule has 0 radical (unpaired) electrons. The zero-order valence-corrected chi connectivity index (χ0v) is 12.7. The smallest absolute Gasteiger partial charge is 0.228 e. The number of nitrogens with zero attached hydrogens (tertiary/aromatic N) is 4. The van der Waals surface area contributed by atoms with Crippen molar-refractivity contribution in [1.82, 2.24) is 19.5 Å². The van der Waals surface area contributed by atoms with E-state index in [0.717, 1.165) is 30.9 Å². The van der Waals surface area contributed by atoms with Gasteiger partial charge in [0.15, 0.2) is 5.15 Å². The number of rotatable bonds is 3. The number of aromatic nitrogens is 3. The van der Waals surface area contributed by atoms with E-state index in [0.29, 0.717) is 11.2 Å². The molecular formula is C14H20ClN5. The summed E-state index contributed by atoms with van der Waals surface area (Å²) in [6, 6.07) is 2.50. The van der Waals surface area contributed by atoms with Crippen LogP contribution in [0.3, 0.4) is 0 Å². The van der Waals surface area contributed by atoms with Crippen LogP contribution in [0.15, 0.2) is 12.3 Å². The SMILES string of the molecule is CCc1ccn2c(N[C@@H]3CCCN(C)C3)nnc(Cl)c12. The molecule has 0 aliphatic carbocycles. The minimum absolute atomic E-state index is 0.417. The van der Waals surface area contributed by atoms with E-state index in [1.54, 1.807) is 0 Å². The van der Waals surface area contributed by atoms with Crippen LogP contribution in [0.2, 0.25) is 5.15 Å². The molecule has 20 heavy (non-hydrogen) atoms. The highest BCUT2D eigenvalue weighted by Gasteiger charge is 2.19. The molecule has 6 heteroatoms. The fraction of sp³-hybridized carbons (Fsp3) is 0.571. The Morgan fingerprint density at radius 2 is 2.30 bits per heavy atom. The van der Waals surface area contributed by atoms with Crippen LogP contribution in [0.25, 0.3) is 5.52 Å². The lowest BCUT2D eigenvalue weighted by molar-refractivity contribution is 0.260. The molecule has 2 aromatic heterocycles. The van der Waals surface area contributed by atoms with Gasteiger partial charge in [0.1, 0.15) is 0 Å². The van der Waals surface area contributed by atoms with Gasteiger partial charge in [0.05, 0.1) is 5.52 Å². The van der Waals surface area contributed by atoms with Gasteiger partial charge in [-0.25, -0.2) is 0 Å². The Hall–Kier alpha value is -1.33. The predicted octanol–water partition coefficient (Wildman–Crippen LogP) is 2.45. The van der Waals surface area contributed by atoms with Crippen LogP contribution in [-0.4, -0.2) is 45.7 Å². The molecule has 5 nitrogen and oxygen atoms in total. The lowest BCUT2D eigenvalue weighted by atomic mass is 10.1. The van der Waals surface area contributed by atoms with Crippen molar-refractivity contribution in [3.05, 3.63) is 23.0 Å². The van der Waals surface area contributed by atoms with E-state index in [9.17, 15) is 0 Å². The molecule has 0 spiro atoms. The summed E-state index contributed by atoms with van der Waals surface area (Å²) in [7, 11) is 2.15. The van der Waals surface area contributed by atoms with E-state index >= 15 is 0 Å². The van der Waals surface area contributed by atoms with Crippen LogP contribution in [0, 0.1) is 0 Å². The maximum absolute atomic E-state index is 6.19. The van der Waals surface area contributed by atoms with Crippen molar-refractivity contribution in [3.8, 4) is 0 Å². The maximum Gasteiger partial charge on any atom is 0.228 e. The third-order valence-corrected chi connectivity index (χ3v) is 4.22. The first-order chi connectivity index (χ1) is 9.69. The molecule has 0 bridgehead atoms. The first kappa shape index (κ1) is 13.6. The van der Waals surface area contributed by atoms with Crippen LogP contribution in [0.1, 0.15) is 25.3 Å². The maximum atomic E-state index is 6.19. The van der Waals surface area contributed by atoms with Crippen molar-refractivity contribution in [2.45, 2.75) is 32.2 Å². The van der Waals surface area contributed by atoms with Gasteiger partial charge in [-0.1, -0.05) is 18.5 Å². The van der Waals surface area contributed by atoms with Gasteiger partial charge in [0.2, 0.25) is 5.95 Å². The number of hydrogen-bond donors (Lipinski definition) is 1. The first-order valence-electron chi connectivity index (χ1n) is 7.16. The van der Waals surface area contributed by atoms with Gasteiger partial charge >= 0.3 is 0 Å². The molecular weight excluding hydrogens is 274 g/mol. The zero-order chi connectivity index (χ0) is 14.1. The van der Waals surface area contributed by atoms with Crippen LogP contribution < -0.4 is 5.32 Å². The summed E-state index contributed by atoms with van der Waals surface area (Å²) in [5.74, 6) is 0.782. The summed E-state index contributed by atoms with van der Waals surface area (Å²) in [4.78, 5) is 2.34. The Morgan fingerprint density at radius 3 is 3.05 bits per heavy atom. The lowest BCUT2D eigenvalue weighted by Crippen LogP contribution is -2.40. The van der Waals surface area contributed by atoms with E-state index in [4.69, 9.17) is 11.6 Å². The Kier molecular flexibility index (Phi) is 3.81. The number of hydrogen-bond acceptors (Lipinski definition) is 4. The number of likely N-dealkylation sites (N-methyl/N-ethyl adjacent to an activating group) is 1. The highest BCUT2D eigenvalue weighted by Crippen LogP contribution is 2.24. The molecule has 0 saturated carbocycles. The van der Waals surface area contributed by atoms with Gasteiger partial charge in [0.25, 0.3) is 0 Å². The van der Waals surface area contributed by atoms with Gasteiger partial charge in [0, 0.05) is 18.8 Å². The quantitative estimate of drug-likeness (QED) is 0.944. The number of likely N-dealkylation sites (tertiary alicyclic amines) is 1. The predicted molar refractivity (Wildman–Crippen MR) is 81.5 cm³/mol. The highest BCUT2D eigenvalue weighted by molar-refractivity contribution is 6.32. The molecule has 1 aliphatic rings. The number of halogens is 1. The Bertz CT molecular complexity index is 609. The number of fused-ring (bicyclic) bond motifs is 1. The molecule has 1 saturated heterocycles. The van der Waals surface area contributed by atoms with Crippen LogP contribution in [0.4, 0.5) is 5.95 Å². The topological polar surface area (TPSA) is 45.5 Å². The molecule has 0 unspecified atom stereocenters. The molecule has 1 atom stereocenters. The minimum Gasteiger partial charge on any atom is -0.350 e. The van der Waals surface area contributed by atoms with Crippen molar-refractivity contribution in [2.24, 2.45) is 0 Å². The van der Waals surface area contributed by atoms with E-state index in [-0.39, 0.29) is 0 Å². The monoisotopic (exact) mass is 293 g/mol. The van der Waals surface area contributed by atoms with Crippen LogP contribution in [-0.2, 0) is 6.42 Å². The molecule has 0 amide bonds. The third-order valence-electron chi connectivity index (χ3n) is 3.96. The highest BCUT2D eigenvalue weighted by atomic mass is 35.5. The van der Waals surface area contributed by atoms with Crippen LogP contribution >= 0.6 is 11.6 Å². The van der Waals surface area contributed by atoms with E-state index < -0.39 is 0 Å². The van der Waals surface area contributed by atoms with Gasteiger partial charge in [-0.2, -0.15) is 0 Å². The molecule has 1 aliphatic heterocycles. The summed E-state index contributed by atoms with van der Waals surface area (Å²) >= 11 is 6.19. The largest absolute Gasteiger partial charge is 0.350 e. The van der Waals surface area contributed by atoms with E-state index in [1.165, 1.54) is 18.5 Å². The third kappa shape index (κ3) is 2.47. The Labute approximate surface area is 123 Å². The van der Waals surface area contributed by atoms with Crippen molar-refractivity contribution in [1.29, 1.82) is 0 Å². The second-order valence-electron chi connectivity index (χ2n) is 5.47. The molecule has 3 heterocycles.